The molecule has 3 heterocycles. The van der Waals surface area contributed by atoms with Gasteiger partial charge >= 0.3 is 0 Å². The number of aromatic nitrogens is 4. The molecule has 0 bridgehead atoms. The lowest BCUT2D eigenvalue weighted by atomic mass is 10.2. The first kappa shape index (κ1) is 22.6. The maximum atomic E-state index is 13.6. The Kier molecular flexibility index (Phi) is 6.38. The molecule has 0 radical (unpaired) electrons. The fourth-order valence-corrected chi connectivity index (χ4v) is 5.64. The first-order valence-electron chi connectivity index (χ1n) is 10.9. The fourth-order valence-electron chi connectivity index (χ4n) is 4.08. The summed E-state index contributed by atoms with van der Waals surface area (Å²) in [5.41, 5.74) is 1.43. The van der Waals surface area contributed by atoms with E-state index in [4.69, 9.17) is 23.2 Å². The van der Waals surface area contributed by atoms with E-state index < -0.39 is 0 Å². The number of nitriles is 1. The van der Waals surface area contributed by atoms with E-state index in [0.717, 1.165) is 38.1 Å². The number of halogens is 2. The van der Waals surface area contributed by atoms with Crippen LogP contribution in [0.5, 0.6) is 0 Å². The van der Waals surface area contributed by atoms with Gasteiger partial charge < -0.3 is 4.57 Å². The van der Waals surface area contributed by atoms with Crippen LogP contribution in [0.1, 0.15) is 36.5 Å². The number of aryl methyl sites for hydroxylation is 1. The predicted molar refractivity (Wildman–Crippen MR) is 135 cm³/mol. The molecule has 2 aromatic heterocycles. The Morgan fingerprint density at radius 3 is 2.68 bits per heavy atom. The maximum Gasteiger partial charge on any atom is 0.273 e. The molecule has 2 aromatic carbocycles. The molecular formula is C25H19Cl2N5OS. The molecule has 0 amide bonds. The van der Waals surface area contributed by atoms with Crippen molar-refractivity contribution < 1.29 is 0 Å². The van der Waals surface area contributed by atoms with E-state index in [0.29, 0.717) is 41.9 Å². The zero-order valence-corrected chi connectivity index (χ0v) is 20.4. The van der Waals surface area contributed by atoms with Gasteiger partial charge in [0.15, 0.2) is 5.82 Å². The van der Waals surface area contributed by atoms with Crippen molar-refractivity contribution in [2.24, 2.45) is 0 Å². The van der Waals surface area contributed by atoms with E-state index in [9.17, 15) is 10.1 Å². The minimum absolute atomic E-state index is 0.236. The van der Waals surface area contributed by atoms with E-state index in [1.807, 2.05) is 34.9 Å². The molecule has 0 atom stereocenters. The van der Waals surface area contributed by atoms with Crippen LogP contribution in [0.15, 0.2) is 53.3 Å². The molecule has 0 spiro atoms. The summed E-state index contributed by atoms with van der Waals surface area (Å²) in [6.07, 6.45) is 5.72. The smallest absolute Gasteiger partial charge is 0.273 e. The number of fused-ring (bicyclic) bond motifs is 1. The van der Waals surface area contributed by atoms with Crippen LogP contribution in [0.25, 0.3) is 17.3 Å². The van der Waals surface area contributed by atoms with Crippen molar-refractivity contribution in [3.05, 3.63) is 95.3 Å². The van der Waals surface area contributed by atoms with Gasteiger partial charge in [-0.2, -0.15) is 5.26 Å². The first-order valence-corrected chi connectivity index (χ1v) is 12.4. The Morgan fingerprint density at radius 2 is 1.91 bits per heavy atom. The van der Waals surface area contributed by atoms with Gasteiger partial charge in [0.2, 0.25) is 0 Å². The Bertz CT molecular complexity index is 1590. The second kappa shape index (κ2) is 9.59. The van der Waals surface area contributed by atoms with Crippen molar-refractivity contribution in [2.75, 3.05) is 0 Å². The third-order valence-corrected chi connectivity index (χ3v) is 7.40. The number of thiazole rings is 1. The lowest BCUT2D eigenvalue weighted by Crippen LogP contribution is -2.31. The van der Waals surface area contributed by atoms with Crippen molar-refractivity contribution in [3.63, 3.8) is 0 Å². The van der Waals surface area contributed by atoms with Gasteiger partial charge in [0.25, 0.3) is 5.56 Å². The Hall–Kier alpha value is -3.18. The molecule has 0 N–H and O–H groups in total. The molecule has 5 rings (SSSR count). The SMILES string of the molecule is N#C/C(c1nnc2n1CCCCC2)=c1\s/c(=C\c2ccc(Cl)cc2Cl)c(=O)n1-c1ccccc1. The maximum absolute atomic E-state index is 13.6. The highest BCUT2D eigenvalue weighted by atomic mass is 35.5. The van der Waals surface area contributed by atoms with E-state index in [-0.39, 0.29) is 5.56 Å². The summed E-state index contributed by atoms with van der Waals surface area (Å²) in [4.78, 5) is 13.6. The van der Waals surface area contributed by atoms with Crippen LogP contribution in [0.2, 0.25) is 10.0 Å². The highest BCUT2D eigenvalue weighted by Crippen LogP contribution is 2.22. The van der Waals surface area contributed by atoms with E-state index in [1.165, 1.54) is 11.3 Å². The van der Waals surface area contributed by atoms with Crippen LogP contribution in [0.3, 0.4) is 0 Å². The molecular weight excluding hydrogens is 489 g/mol. The number of benzene rings is 2. The summed E-state index contributed by atoms with van der Waals surface area (Å²) in [5.74, 6) is 1.38. The minimum atomic E-state index is -0.236. The van der Waals surface area contributed by atoms with Gasteiger partial charge in [0.05, 0.1) is 10.2 Å². The Labute approximate surface area is 209 Å². The topological polar surface area (TPSA) is 76.5 Å². The molecule has 0 saturated heterocycles. The average Bonchev–Trinajstić information content (AvgIpc) is 3.28. The molecule has 34 heavy (non-hydrogen) atoms. The van der Waals surface area contributed by atoms with Gasteiger partial charge in [-0.15, -0.1) is 21.5 Å². The molecule has 9 heteroatoms. The zero-order valence-electron chi connectivity index (χ0n) is 18.0. The average molecular weight is 508 g/mol. The largest absolute Gasteiger partial charge is 0.310 e. The normalized spacial score (nSPS) is 14.9. The summed E-state index contributed by atoms with van der Waals surface area (Å²) in [6.45, 7) is 0.753. The molecule has 0 unspecified atom stereocenters. The van der Waals surface area contributed by atoms with Gasteiger partial charge in [-0.1, -0.05) is 53.9 Å². The molecule has 170 valence electrons. The second-order valence-corrected chi connectivity index (χ2v) is 9.82. The Morgan fingerprint density at radius 1 is 1.09 bits per heavy atom. The molecule has 0 saturated carbocycles. The standard InChI is InChI=1S/C25H19Cl2N5OS/c26-17-11-10-16(20(27)14-17)13-21-24(33)32(18-7-3-1-4-8-18)25(34-21)19(15-28)23-30-29-22-9-5-2-6-12-31(22)23/h1,3-4,7-8,10-11,13-14H,2,5-6,9,12H2/b21-13-,25-19+. The second-order valence-electron chi connectivity index (χ2n) is 7.95. The van der Waals surface area contributed by atoms with Crippen molar-refractivity contribution in [2.45, 2.75) is 32.2 Å². The van der Waals surface area contributed by atoms with Gasteiger partial charge in [0.1, 0.15) is 22.1 Å². The lowest BCUT2D eigenvalue weighted by molar-refractivity contribution is 0.627. The highest BCUT2D eigenvalue weighted by Gasteiger charge is 2.21. The quantitative estimate of drug-likeness (QED) is 0.418. The van der Waals surface area contributed by atoms with Crippen LogP contribution >= 0.6 is 34.5 Å². The number of hydrogen-bond donors (Lipinski definition) is 0. The third kappa shape index (κ3) is 4.21. The van der Waals surface area contributed by atoms with Crippen molar-refractivity contribution in [3.8, 4) is 11.8 Å². The molecule has 1 aliphatic rings. The fraction of sp³-hybridized carbons (Fsp3) is 0.200. The molecule has 6 nitrogen and oxygen atoms in total. The number of nitrogens with zero attached hydrogens (tertiary/aromatic N) is 5. The predicted octanol–water partition coefficient (Wildman–Crippen LogP) is 4.08. The first-order chi connectivity index (χ1) is 16.6. The van der Waals surface area contributed by atoms with E-state index in [1.54, 1.807) is 28.8 Å². The van der Waals surface area contributed by atoms with Crippen molar-refractivity contribution >= 4 is 46.2 Å². The van der Waals surface area contributed by atoms with Crippen LogP contribution in [-0.4, -0.2) is 19.3 Å². The van der Waals surface area contributed by atoms with Gasteiger partial charge in [-0.05, 0) is 48.7 Å². The molecule has 0 fully saturated rings. The summed E-state index contributed by atoms with van der Waals surface area (Å²) in [5, 5.41) is 19.9. The minimum Gasteiger partial charge on any atom is -0.310 e. The van der Waals surface area contributed by atoms with Crippen molar-refractivity contribution in [1.82, 2.24) is 19.3 Å². The summed E-state index contributed by atoms with van der Waals surface area (Å²) >= 11 is 13.6. The van der Waals surface area contributed by atoms with Gasteiger partial charge in [-0.3, -0.25) is 9.36 Å². The van der Waals surface area contributed by atoms with Gasteiger partial charge in [0, 0.05) is 23.0 Å². The van der Waals surface area contributed by atoms with Crippen LogP contribution < -0.4 is 14.8 Å². The van der Waals surface area contributed by atoms with E-state index >= 15 is 0 Å². The van der Waals surface area contributed by atoms with Gasteiger partial charge in [-0.25, -0.2) is 0 Å². The zero-order chi connectivity index (χ0) is 23.7. The lowest BCUT2D eigenvalue weighted by Gasteiger charge is -2.07. The van der Waals surface area contributed by atoms with Crippen molar-refractivity contribution in [1.29, 1.82) is 5.26 Å². The van der Waals surface area contributed by atoms with E-state index in [2.05, 4.69) is 16.3 Å². The monoisotopic (exact) mass is 507 g/mol. The summed E-state index contributed by atoms with van der Waals surface area (Å²) in [7, 11) is 0. The molecule has 0 aliphatic carbocycles. The van der Waals surface area contributed by atoms with Crippen LogP contribution in [-0.2, 0) is 13.0 Å². The Balaban J connectivity index is 1.83. The highest BCUT2D eigenvalue weighted by molar-refractivity contribution is 7.07. The molecule has 4 aromatic rings. The summed E-state index contributed by atoms with van der Waals surface area (Å²) in [6, 6.07) is 16.7. The van der Waals surface area contributed by atoms with Crippen LogP contribution in [0.4, 0.5) is 0 Å². The summed E-state index contributed by atoms with van der Waals surface area (Å²) < 4.78 is 4.54. The van der Waals surface area contributed by atoms with Crippen LogP contribution in [0, 0.1) is 11.3 Å². The molecule has 1 aliphatic heterocycles. The number of hydrogen-bond acceptors (Lipinski definition) is 5. The number of para-hydroxylation sites is 1. The third-order valence-electron chi connectivity index (χ3n) is 5.75. The number of rotatable bonds is 3.